The molecule has 4 rings (SSSR count). The molecule has 9 heteroatoms. The molecular weight excluding hydrogens is 561 g/mol. The first-order chi connectivity index (χ1) is 16.4. The third-order valence-corrected chi connectivity index (χ3v) is 7.27. The highest BCUT2D eigenvalue weighted by molar-refractivity contribution is 9.10. The number of methoxy groups -OCH3 is 1. The minimum atomic E-state index is -0.371. The van der Waals surface area contributed by atoms with Gasteiger partial charge in [-0.1, -0.05) is 59.6 Å². The van der Waals surface area contributed by atoms with Crippen LogP contribution in [0.5, 0.6) is 11.5 Å². The molecule has 0 aliphatic carbocycles. The standard InChI is InChI=1S/C25H18BrCl2NO4S/c1-32-21-11-15(10-18(26)23(21)33-14-17-7-3-5-9-20(17)28)12-22-24(30)29(25(31)34-22)13-16-6-2-4-8-19(16)27/h2-12H,13-14H2,1H3/b22-12+. The van der Waals surface area contributed by atoms with Gasteiger partial charge in [0, 0.05) is 15.6 Å². The Labute approximate surface area is 219 Å². The van der Waals surface area contributed by atoms with Crippen LogP contribution >= 0.6 is 50.9 Å². The molecule has 1 saturated heterocycles. The van der Waals surface area contributed by atoms with Gasteiger partial charge in [0.2, 0.25) is 0 Å². The maximum atomic E-state index is 12.9. The van der Waals surface area contributed by atoms with E-state index in [4.69, 9.17) is 32.7 Å². The molecule has 3 aromatic carbocycles. The third kappa shape index (κ3) is 5.44. The zero-order valence-electron chi connectivity index (χ0n) is 17.9. The van der Waals surface area contributed by atoms with Crippen LogP contribution in [0.1, 0.15) is 16.7 Å². The maximum absolute atomic E-state index is 12.9. The van der Waals surface area contributed by atoms with E-state index in [1.54, 1.807) is 42.5 Å². The van der Waals surface area contributed by atoms with Crippen LogP contribution in [0.2, 0.25) is 10.0 Å². The van der Waals surface area contributed by atoms with Gasteiger partial charge in [0.05, 0.1) is 23.0 Å². The summed E-state index contributed by atoms with van der Waals surface area (Å²) in [6.45, 7) is 0.373. The highest BCUT2D eigenvalue weighted by atomic mass is 79.9. The van der Waals surface area contributed by atoms with Crippen LogP contribution in [0.15, 0.2) is 70.0 Å². The normalized spacial score (nSPS) is 14.7. The molecule has 1 aliphatic heterocycles. The van der Waals surface area contributed by atoms with Gasteiger partial charge < -0.3 is 9.47 Å². The second-order valence-electron chi connectivity index (χ2n) is 7.27. The van der Waals surface area contributed by atoms with E-state index in [1.165, 1.54) is 12.0 Å². The molecule has 0 atom stereocenters. The Morgan fingerprint density at radius 2 is 1.65 bits per heavy atom. The van der Waals surface area contributed by atoms with Crippen molar-refractivity contribution in [1.29, 1.82) is 0 Å². The summed E-state index contributed by atoms with van der Waals surface area (Å²) < 4.78 is 12.1. The van der Waals surface area contributed by atoms with E-state index in [2.05, 4.69) is 15.9 Å². The SMILES string of the molecule is COc1cc(/C=C2/SC(=O)N(Cc3ccccc3Cl)C2=O)cc(Br)c1OCc1ccccc1Cl. The summed E-state index contributed by atoms with van der Waals surface area (Å²) in [6.07, 6.45) is 1.66. The summed E-state index contributed by atoms with van der Waals surface area (Å²) in [4.78, 5) is 26.9. The molecule has 0 N–H and O–H groups in total. The lowest BCUT2D eigenvalue weighted by Crippen LogP contribution is -2.27. The van der Waals surface area contributed by atoms with Gasteiger partial charge in [-0.25, -0.2) is 0 Å². The second-order valence-corrected chi connectivity index (χ2v) is 9.94. The zero-order chi connectivity index (χ0) is 24.2. The second kappa shape index (κ2) is 10.9. The van der Waals surface area contributed by atoms with Gasteiger partial charge in [0.15, 0.2) is 11.5 Å². The molecule has 2 amide bonds. The summed E-state index contributed by atoms with van der Waals surface area (Å²) in [5, 5.41) is 0.773. The van der Waals surface area contributed by atoms with Gasteiger partial charge in [-0.15, -0.1) is 0 Å². The summed E-state index contributed by atoms with van der Waals surface area (Å²) >= 11 is 16.8. The van der Waals surface area contributed by atoms with Crippen LogP contribution in [-0.2, 0) is 17.9 Å². The number of halogens is 3. The van der Waals surface area contributed by atoms with Gasteiger partial charge >= 0.3 is 0 Å². The smallest absolute Gasteiger partial charge is 0.293 e. The Balaban J connectivity index is 1.55. The molecule has 0 spiro atoms. The van der Waals surface area contributed by atoms with Crippen LogP contribution in [-0.4, -0.2) is 23.2 Å². The number of hydrogen-bond acceptors (Lipinski definition) is 5. The number of rotatable bonds is 7. The minimum Gasteiger partial charge on any atom is -0.493 e. The van der Waals surface area contributed by atoms with Crippen molar-refractivity contribution in [1.82, 2.24) is 4.90 Å². The fourth-order valence-electron chi connectivity index (χ4n) is 3.31. The van der Waals surface area contributed by atoms with E-state index in [-0.39, 0.29) is 24.3 Å². The Bertz CT molecular complexity index is 1300. The van der Waals surface area contributed by atoms with Gasteiger partial charge in [-0.3, -0.25) is 14.5 Å². The lowest BCUT2D eigenvalue weighted by Gasteiger charge is -2.14. The van der Waals surface area contributed by atoms with Gasteiger partial charge in [-0.05, 0) is 69.2 Å². The summed E-state index contributed by atoms with van der Waals surface area (Å²) in [5.74, 6) is 0.610. The highest BCUT2D eigenvalue weighted by Crippen LogP contribution is 2.40. The number of carbonyl (C=O) groups excluding carboxylic acids is 2. The van der Waals surface area contributed by atoms with Crippen molar-refractivity contribution in [3.8, 4) is 11.5 Å². The number of nitrogens with zero attached hydrogens (tertiary/aromatic N) is 1. The molecule has 1 heterocycles. The fourth-order valence-corrected chi connectivity index (χ4v) is 5.11. The average Bonchev–Trinajstić information content (AvgIpc) is 3.07. The molecule has 34 heavy (non-hydrogen) atoms. The van der Waals surface area contributed by atoms with E-state index < -0.39 is 0 Å². The van der Waals surface area contributed by atoms with Crippen molar-refractivity contribution in [2.75, 3.05) is 7.11 Å². The number of hydrogen-bond donors (Lipinski definition) is 0. The van der Waals surface area contributed by atoms with Crippen molar-refractivity contribution in [3.63, 3.8) is 0 Å². The molecule has 174 valence electrons. The molecule has 1 fully saturated rings. The van der Waals surface area contributed by atoms with Crippen LogP contribution in [0, 0.1) is 0 Å². The molecule has 3 aromatic rings. The average molecular weight is 579 g/mol. The van der Waals surface area contributed by atoms with Crippen LogP contribution in [0.3, 0.4) is 0 Å². The Morgan fingerprint density at radius 1 is 1.00 bits per heavy atom. The number of ether oxygens (including phenoxy) is 2. The Morgan fingerprint density at radius 3 is 2.29 bits per heavy atom. The number of thioether (sulfide) groups is 1. The quantitative estimate of drug-likeness (QED) is 0.270. The van der Waals surface area contributed by atoms with Crippen molar-refractivity contribution in [2.45, 2.75) is 13.2 Å². The summed E-state index contributed by atoms with van der Waals surface area (Å²) in [7, 11) is 1.53. The number of carbonyl (C=O) groups is 2. The summed E-state index contributed by atoms with van der Waals surface area (Å²) in [6, 6.07) is 18.1. The third-order valence-electron chi connectivity index (χ3n) is 5.04. The van der Waals surface area contributed by atoms with E-state index in [9.17, 15) is 9.59 Å². The molecule has 0 saturated carbocycles. The van der Waals surface area contributed by atoms with Crippen molar-refractivity contribution >= 4 is 68.1 Å². The van der Waals surface area contributed by atoms with Gasteiger partial charge in [0.1, 0.15) is 6.61 Å². The van der Waals surface area contributed by atoms with E-state index in [0.29, 0.717) is 42.0 Å². The number of imide groups is 1. The zero-order valence-corrected chi connectivity index (χ0v) is 21.8. The van der Waals surface area contributed by atoms with Crippen molar-refractivity contribution in [3.05, 3.63) is 96.8 Å². The van der Waals surface area contributed by atoms with Gasteiger partial charge in [-0.2, -0.15) is 0 Å². The lowest BCUT2D eigenvalue weighted by atomic mass is 10.1. The van der Waals surface area contributed by atoms with Crippen LogP contribution in [0.25, 0.3) is 6.08 Å². The first-order valence-corrected chi connectivity index (χ1v) is 12.5. The van der Waals surface area contributed by atoms with Crippen LogP contribution in [0.4, 0.5) is 4.79 Å². The molecular formula is C25H18BrCl2NO4S. The predicted molar refractivity (Wildman–Crippen MR) is 139 cm³/mol. The largest absolute Gasteiger partial charge is 0.493 e. The highest BCUT2D eigenvalue weighted by Gasteiger charge is 2.35. The number of amides is 2. The lowest BCUT2D eigenvalue weighted by molar-refractivity contribution is -0.123. The first-order valence-electron chi connectivity index (χ1n) is 10.1. The van der Waals surface area contributed by atoms with Crippen molar-refractivity contribution < 1.29 is 19.1 Å². The molecule has 0 aromatic heterocycles. The molecule has 0 bridgehead atoms. The molecule has 0 unspecified atom stereocenters. The summed E-state index contributed by atoms with van der Waals surface area (Å²) in [5.41, 5.74) is 2.23. The monoisotopic (exact) mass is 577 g/mol. The molecule has 1 aliphatic rings. The van der Waals surface area contributed by atoms with Crippen molar-refractivity contribution in [2.24, 2.45) is 0 Å². The minimum absolute atomic E-state index is 0.115. The Kier molecular flexibility index (Phi) is 7.88. The topological polar surface area (TPSA) is 55.8 Å². The molecule has 5 nitrogen and oxygen atoms in total. The fraction of sp³-hybridized carbons (Fsp3) is 0.120. The predicted octanol–water partition coefficient (Wildman–Crippen LogP) is 7.58. The maximum Gasteiger partial charge on any atom is 0.293 e. The molecule has 0 radical (unpaired) electrons. The van der Waals surface area contributed by atoms with E-state index >= 15 is 0 Å². The first kappa shape index (κ1) is 24.7. The van der Waals surface area contributed by atoms with Gasteiger partial charge in [0.25, 0.3) is 11.1 Å². The van der Waals surface area contributed by atoms with E-state index in [0.717, 1.165) is 17.3 Å². The van der Waals surface area contributed by atoms with E-state index in [1.807, 2.05) is 24.3 Å². The van der Waals surface area contributed by atoms with Crippen LogP contribution < -0.4 is 9.47 Å². The number of benzene rings is 3. The Hall–Kier alpha value is -2.45.